The van der Waals surface area contributed by atoms with Gasteiger partial charge in [0, 0.05) is 6.54 Å². The molecule has 1 nitrogen and oxygen atoms in total. The summed E-state index contributed by atoms with van der Waals surface area (Å²) < 4.78 is 0. The van der Waals surface area contributed by atoms with Gasteiger partial charge in [-0.3, -0.25) is 0 Å². The standard InChI is InChI=1S/C6H13N.3C2H6/c1-6-3-4-7(2)5-6;3*1-2/h6H,3-5H2,1-2H3;3*1-2H3. The molecule has 1 heterocycles. The van der Waals surface area contributed by atoms with Crippen molar-refractivity contribution in [2.24, 2.45) is 5.92 Å². The van der Waals surface area contributed by atoms with Crippen LogP contribution >= 0.6 is 0 Å². The van der Waals surface area contributed by atoms with Crippen LogP contribution in [0.15, 0.2) is 0 Å². The fraction of sp³-hybridized carbons (Fsp3) is 1.00. The normalized spacial score (nSPS) is 19.8. The highest BCUT2D eigenvalue weighted by Gasteiger charge is 2.13. The van der Waals surface area contributed by atoms with E-state index >= 15 is 0 Å². The largest absolute Gasteiger partial charge is 0.306 e. The monoisotopic (exact) mass is 189 g/mol. The Balaban J connectivity index is -0.000000144. The minimum Gasteiger partial charge on any atom is -0.306 e. The van der Waals surface area contributed by atoms with Crippen LogP contribution in [0.4, 0.5) is 0 Å². The Morgan fingerprint density at radius 1 is 0.923 bits per heavy atom. The van der Waals surface area contributed by atoms with Crippen molar-refractivity contribution in [1.82, 2.24) is 4.90 Å². The third-order valence-electron chi connectivity index (χ3n) is 1.63. The Bertz CT molecular complexity index is 54.1. The van der Waals surface area contributed by atoms with Gasteiger partial charge >= 0.3 is 0 Å². The Kier molecular flexibility index (Phi) is 25.7. The van der Waals surface area contributed by atoms with Gasteiger partial charge in [0.2, 0.25) is 0 Å². The smallest absolute Gasteiger partial charge is 0.000445 e. The van der Waals surface area contributed by atoms with Gasteiger partial charge in [0.05, 0.1) is 0 Å². The summed E-state index contributed by atoms with van der Waals surface area (Å²) in [5.41, 5.74) is 0. The predicted molar refractivity (Wildman–Crippen MR) is 65.3 cm³/mol. The number of rotatable bonds is 0. The van der Waals surface area contributed by atoms with Gasteiger partial charge in [-0.15, -0.1) is 0 Å². The summed E-state index contributed by atoms with van der Waals surface area (Å²) in [6, 6.07) is 0. The van der Waals surface area contributed by atoms with Gasteiger partial charge in [-0.05, 0) is 25.9 Å². The van der Waals surface area contributed by atoms with Crippen LogP contribution in [0.25, 0.3) is 0 Å². The molecule has 0 bridgehead atoms. The lowest BCUT2D eigenvalue weighted by atomic mass is 10.2. The van der Waals surface area contributed by atoms with Crippen LogP contribution in [0, 0.1) is 5.92 Å². The van der Waals surface area contributed by atoms with Crippen LogP contribution in [0.3, 0.4) is 0 Å². The van der Waals surface area contributed by atoms with Gasteiger partial charge in [0.15, 0.2) is 0 Å². The van der Waals surface area contributed by atoms with E-state index in [9.17, 15) is 0 Å². The van der Waals surface area contributed by atoms with Gasteiger partial charge in [-0.1, -0.05) is 48.5 Å². The molecule has 1 heteroatoms. The maximum atomic E-state index is 2.38. The van der Waals surface area contributed by atoms with Gasteiger partial charge in [-0.25, -0.2) is 0 Å². The zero-order chi connectivity index (χ0) is 11.3. The van der Waals surface area contributed by atoms with E-state index in [0.717, 1.165) is 5.92 Å². The first-order chi connectivity index (χ1) is 6.29. The average Bonchev–Trinajstić information content (AvgIpc) is 2.60. The van der Waals surface area contributed by atoms with Crippen molar-refractivity contribution in [3.63, 3.8) is 0 Å². The lowest BCUT2D eigenvalue weighted by molar-refractivity contribution is 0.402. The molecule has 0 N–H and O–H groups in total. The summed E-state index contributed by atoms with van der Waals surface area (Å²) in [6.07, 6.45) is 1.40. The molecule has 0 spiro atoms. The van der Waals surface area contributed by atoms with Crippen molar-refractivity contribution in [3.05, 3.63) is 0 Å². The fourth-order valence-electron chi connectivity index (χ4n) is 1.16. The molecule has 0 aromatic rings. The highest BCUT2D eigenvalue weighted by atomic mass is 15.1. The predicted octanol–water partition coefficient (Wildman–Crippen LogP) is 4.04. The van der Waals surface area contributed by atoms with Crippen LogP contribution in [-0.4, -0.2) is 25.0 Å². The van der Waals surface area contributed by atoms with E-state index < -0.39 is 0 Å². The van der Waals surface area contributed by atoms with Crippen molar-refractivity contribution in [2.75, 3.05) is 20.1 Å². The summed E-state index contributed by atoms with van der Waals surface area (Å²) >= 11 is 0. The summed E-state index contributed by atoms with van der Waals surface area (Å²) in [6.45, 7) is 16.9. The molecule has 1 aliphatic heterocycles. The van der Waals surface area contributed by atoms with E-state index in [2.05, 4.69) is 18.9 Å². The Labute approximate surface area is 86.5 Å². The van der Waals surface area contributed by atoms with Gasteiger partial charge in [0.1, 0.15) is 0 Å². The number of hydrogen-bond acceptors (Lipinski definition) is 1. The van der Waals surface area contributed by atoms with Crippen LogP contribution in [0.5, 0.6) is 0 Å². The second-order valence-electron chi connectivity index (χ2n) is 2.66. The molecule has 1 fully saturated rings. The van der Waals surface area contributed by atoms with E-state index in [1.165, 1.54) is 19.5 Å². The number of hydrogen-bond donors (Lipinski definition) is 0. The van der Waals surface area contributed by atoms with E-state index in [-0.39, 0.29) is 0 Å². The molecule has 0 aromatic carbocycles. The van der Waals surface area contributed by atoms with Gasteiger partial charge in [0.25, 0.3) is 0 Å². The first-order valence-corrected chi connectivity index (χ1v) is 5.97. The summed E-state index contributed by atoms with van der Waals surface area (Å²) in [4.78, 5) is 2.38. The first-order valence-electron chi connectivity index (χ1n) is 5.97. The second-order valence-corrected chi connectivity index (χ2v) is 2.66. The highest BCUT2D eigenvalue weighted by Crippen LogP contribution is 2.11. The first kappa shape index (κ1) is 18.7. The fourth-order valence-corrected chi connectivity index (χ4v) is 1.16. The molecule has 0 aliphatic carbocycles. The topological polar surface area (TPSA) is 3.24 Å². The van der Waals surface area contributed by atoms with E-state index in [0.29, 0.717) is 0 Å². The third kappa shape index (κ3) is 14.8. The van der Waals surface area contributed by atoms with Crippen molar-refractivity contribution >= 4 is 0 Å². The summed E-state index contributed by atoms with van der Waals surface area (Å²) in [7, 11) is 2.18. The van der Waals surface area contributed by atoms with E-state index in [4.69, 9.17) is 0 Å². The summed E-state index contributed by atoms with van der Waals surface area (Å²) in [5.74, 6) is 0.949. The van der Waals surface area contributed by atoms with Crippen molar-refractivity contribution < 1.29 is 0 Å². The number of likely N-dealkylation sites (tertiary alicyclic amines) is 1. The zero-order valence-corrected chi connectivity index (χ0v) is 11.1. The molecule has 1 rings (SSSR count). The quantitative estimate of drug-likeness (QED) is 0.556. The van der Waals surface area contributed by atoms with Crippen molar-refractivity contribution in [2.45, 2.75) is 54.9 Å². The maximum absolute atomic E-state index is 2.38. The van der Waals surface area contributed by atoms with Crippen LogP contribution < -0.4 is 0 Å². The van der Waals surface area contributed by atoms with E-state index in [1.807, 2.05) is 41.5 Å². The molecule has 0 aromatic heterocycles. The molecule has 1 saturated heterocycles. The zero-order valence-electron chi connectivity index (χ0n) is 11.1. The number of nitrogens with zero attached hydrogens (tertiary/aromatic N) is 1. The van der Waals surface area contributed by atoms with E-state index in [1.54, 1.807) is 0 Å². The van der Waals surface area contributed by atoms with Crippen LogP contribution in [-0.2, 0) is 0 Å². The molecule has 13 heavy (non-hydrogen) atoms. The molecular weight excluding hydrogens is 158 g/mol. The van der Waals surface area contributed by atoms with Gasteiger partial charge in [-0.2, -0.15) is 0 Å². The molecule has 1 atom stereocenters. The Hall–Kier alpha value is -0.0400. The van der Waals surface area contributed by atoms with Crippen molar-refractivity contribution in [1.29, 1.82) is 0 Å². The Morgan fingerprint density at radius 3 is 1.38 bits per heavy atom. The molecule has 0 saturated carbocycles. The molecule has 84 valence electrons. The SMILES string of the molecule is CC.CC.CC.CC1CCN(C)C1. The third-order valence-corrected chi connectivity index (χ3v) is 1.63. The minimum absolute atomic E-state index is 0.949. The maximum Gasteiger partial charge on any atom is 0.000445 e. The second kappa shape index (κ2) is 17.9. The summed E-state index contributed by atoms with van der Waals surface area (Å²) in [5, 5.41) is 0. The van der Waals surface area contributed by atoms with Crippen molar-refractivity contribution in [3.8, 4) is 0 Å². The van der Waals surface area contributed by atoms with Crippen LogP contribution in [0.1, 0.15) is 54.9 Å². The molecule has 1 unspecified atom stereocenters. The molecule has 0 amide bonds. The van der Waals surface area contributed by atoms with Gasteiger partial charge < -0.3 is 4.90 Å². The minimum atomic E-state index is 0.949. The molecule has 0 radical (unpaired) electrons. The Morgan fingerprint density at radius 2 is 1.31 bits per heavy atom. The molecular formula is C12H31N. The average molecular weight is 189 g/mol. The lowest BCUT2D eigenvalue weighted by Crippen LogP contribution is -2.12. The lowest BCUT2D eigenvalue weighted by Gasteiger charge is -2.03. The van der Waals surface area contributed by atoms with Crippen LogP contribution in [0.2, 0.25) is 0 Å². The highest BCUT2D eigenvalue weighted by molar-refractivity contribution is 4.67. The molecule has 1 aliphatic rings.